The van der Waals surface area contributed by atoms with Crippen LogP contribution in [-0.2, 0) is 16.0 Å². The standard InChI is InChI=1S/C29H32BrN5O3.C2H6/c1-4-29(5-2,28(31)35-16-7-6-8-17-35)15-9-10-26(36)33-24-13-12-23(38-3)18-21(24)19-27(37)34-25-14-11-22(30)20-32-25;1-2/h1,5,9-14,18,20,31H,2,6-8,15-17,19H2,3H3,(H,33,36)(H,32,34,37);1-2H3/b10-9+,31-28?;. The van der Waals surface area contributed by atoms with Crippen molar-refractivity contribution >= 4 is 45.1 Å². The zero-order valence-corrected chi connectivity index (χ0v) is 25.0. The molecule has 1 unspecified atom stereocenters. The van der Waals surface area contributed by atoms with Crippen molar-refractivity contribution in [3.8, 4) is 18.1 Å². The van der Waals surface area contributed by atoms with Crippen molar-refractivity contribution in [1.29, 1.82) is 5.41 Å². The van der Waals surface area contributed by atoms with E-state index in [-0.39, 0.29) is 24.7 Å². The lowest BCUT2D eigenvalue weighted by molar-refractivity contribution is -0.115. The van der Waals surface area contributed by atoms with Crippen LogP contribution in [0.25, 0.3) is 0 Å². The van der Waals surface area contributed by atoms with Gasteiger partial charge < -0.3 is 20.3 Å². The van der Waals surface area contributed by atoms with Gasteiger partial charge in [0.05, 0.1) is 13.5 Å². The average Bonchev–Trinajstić information content (AvgIpc) is 2.98. The van der Waals surface area contributed by atoms with Crippen molar-refractivity contribution in [1.82, 2.24) is 9.88 Å². The maximum Gasteiger partial charge on any atom is 0.248 e. The minimum Gasteiger partial charge on any atom is -0.497 e. The topological polar surface area (TPSA) is 107 Å². The van der Waals surface area contributed by atoms with E-state index in [1.807, 2.05) is 18.7 Å². The molecule has 0 saturated carbocycles. The molecule has 1 atom stereocenters. The van der Waals surface area contributed by atoms with Crippen LogP contribution >= 0.6 is 15.9 Å². The van der Waals surface area contributed by atoms with Gasteiger partial charge >= 0.3 is 0 Å². The number of hydrogen-bond donors (Lipinski definition) is 3. The lowest BCUT2D eigenvalue weighted by Crippen LogP contribution is -2.44. The molecule has 0 radical (unpaired) electrons. The molecule has 3 N–H and O–H groups in total. The van der Waals surface area contributed by atoms with Crippen LogP contribution in [-0.4, -0.2) is 47.7 Å². The summed E-state index contributed by atoms with van der Waals surface area (Å²) in [6.07, 6.45) is 15.6. The van der Waals surface area contributed by atoms with Gasteiger partial charge in [-0.25, -0.2) is 4.98 Å². The Hall–Kier alpha value is -3.90. The predicted octanol–water partition coefficient (Wildman–Crippen LogP) is 6.21. The number of anilines is 2. The molecule has 212 valence electrons. The number of halogens is 1. The van der Waals surface area contributed by atoms with Gasteiger partial charge in [-0.3, -0.25) is 15.0 Å². The van der Waals surface area contributed by atoms with Gasteiger partial charge in [-0.15, -0.1) is 13.0 Å². The Bertz CT molecular complexity index is 1250. The summed E-state index contributed by atoms with van der Waals surface area (Å²) >= 11 is 3.31. The molecule has 1 aromatic carbocycles. The monoisotopic (exact) mass is 607 g/mol. The van der Waals surface area contributed by atoms with E-state index in [2.05, 4.69) is 44.0 Å². The van der Waals surface area contributed by atoms with Crippen LogP contribution in [0.5, 0.6) is 5.75 Å². The number of methoxy groups -OCH3 is 1. The second-order valence-corrected chi connectivity index (χ2v) is 9.84. The van der Waals surface area contributed by atoms with Crippen molar-refractivity contribution < 1.29 is 14.3 Å². The zero-order chi connectivity index (χ0) is 29.5. The number of aromatic nitrogens is 1. The molecule has 1 fully saturated rings. The van der Waals surface area contributed by atoms with Crippen molar-refractivity contribution in [2.24, 2.45) is 5.41 Å². The Morgan fingerprint density at radius 3 is 2.55 bits per heavy atom. The fourth-order valence-electron chi connectivity index (χ4n) is 4.16. The highest BCUT2D eigenvalue weighted by Crippen LogP contribution is 2.29. The van der Waals surface area contributed by atoms with Crippen LogP contribution < -0.4 is 15.4 Å². The van der Waals surface area contributed by atoms with Crippen LogP contribution in [0.3, 0.4) is 0 Å². The van der Waals surface area contributed by atoms with Crippen molar-refractivity contribution in [2.75, 3.05) is 30.8 Å². The number of carbonyl (C=O) groups excluding carboxylic acids is 2. The molecule has 40 heavy (non-hydrogen) atoms. The number of rotatable bonds is 10. The molecule has 2 amide bonds. The predicted molar refractivity (Wildman–Crippen MR) is 166 cm³/mol. The molecule has 1 aliphatic rings. The fraction of sp³-hybridized carbons (Fsp3) is 0.355. The number of ether oxygens (including phenoxy) is 1. The molecule has 2 heterocycles. The molecule has 0 bridgehead atoms. The number of pyridine rings is 1. The van der Waals surface area contributed by atoms with Gasteiger partial charge in [0.15, 0.2) is 0 Å². The van der Waals surface area contributed by atoms with E-state index in [1.165, 1.54) is 13.2 Å². The van der Waals surface area contributed by atoms with Gasteiger partial charge in [0.1, 0.15) is 22.8 Å². The average molecular weight is 609 g/mol. The highest BCUT2D eigenvalue weighted by atomic mass is 79.9. The number of allylic oxidation sites excluding steroid dienone is 1. The van der Waals surface area contributed by atoms with E-state index in [1.54, 1.807) is 48.7 Å². The summed E-state index contributed by atoms with van der Waals surface area (Å²) < 4.78 is 6.10. The third-order valence-corrected chi connectivity index (χ3v) is 6.80. The Kier molecular flexibility index (Phi) is 13.1. The van der Waals surface area contributed by atoms with Gasteiger partial charge in [0, 0.05) is 29.4 Å². The third kappa shape index (κ3) is 9.09. The maximum absolute atomic E-state index is 12.8. The van der Waals surface area contributed by atoms with E-state index in [4.69, 9.17) is 16.6 Å². The Morgan fingerprint density at radius 2 is 1.95 bits per heavy atom. The van der Waals surface area contributed by atoms with Crippen molar-refractivity contribution in [3.05, 3.63) is 71.4 Å². The van der Waals surface area contributed by atoms with Gasteiger partial charge in [-0.05, 0) is 83.6 Å². The molecule has 1 aromatic heterocycles. The Labute approximate surface area is 245 Å². The first-order chi connectivity index (χ1) is 19.3. The van der Waals surface area contributed by atoms with Gasteiger partial charge in [0.25, 0.3) is 0 Å². The number of benzene rings is 1. The quantitative estimate of drug-likeness (QED) is 0.0977. The molecule has 0 aliphatic carbocycles. The van der Waals surface area contributed by atoms with Crippen molar-refractivity contribution in [3.63, 3.8) is 0 Å². The highest BCUT2D eigenvalue weighted by Gasteiger charge is 2.32. The first-order valence-corrected chi connectivity index (χ1v) is 14.1. The van der Waals surface area contributed by atoms with E-state index < -0.39 is 5.41 Å². The van der Waals surface area contributed by atoms with Gasteiger partial charge in [0.2, 0.25) is 11.8 Å². The summed E-state index contributed by atoms with van der Waals surface area (Å²) in [6, 6.07) is 8.56. The van der Waals surface area contributed by atoms with E-state index >= 15 is 0 Å². The second-order valence-electron chi connectivity index (χ2n) is 8.92. The Balaban J connectivity index is 0.00000274. The number of amidine groups is 1. The molecule has 2 aromatic rings. The number of hydrogen-bond acceptors (Lipinski definition) is 5. The molecular formula is C31H38BrN5O3. The number of piperidine rings is 1. The molecule has 3 rings (SSSR count). The summed E-state index contributed by atoms with van der Waals surface area (Å²) in [5.41, 5.74) is 0.0717. The maximum atomic E-state index is 12.8. The number of nitrogens with one attached hydrogen (secondary N) is 3. The van der Waals surface area contributed by atoms with Crippen LogP contribution in [0.2, 0.25) is 0 Å². The molecular weight excluding hydrogens is 570 g/mol. The summed E-state index contributed by atoms with van der Waals surface area (Å²) in [5.74, 6) is 3.36. The Morgan fingerprint density at radius 1 is 1.23 bits per heavy atom. The molecule has 1 saturated heterocycles. The number of nitrogens with zero attached hydrogens (tertiary/aromatic N) is 2. The summed E-state index contributed by atoms with van der Waals surface area (Å²) in [6.45, 7) is 9.47. The third-order valence-electron chi connectivity index (χ3n) is 6.33. The van der Waals surface area contributed by atoms with Crippen LogP contribution in [0.1, 0.15) is 45.1 Å². The van der Waals surface area contributed by atoms with E-state index in [0.717, 1.165) is 36.8 Å². The highest BCUT2D eigenvalue weighted by molar-refractivity contribution is 9.10. The lowest BCUT2D eigenvalue weighted by atomic mass is 9.82. The molecule has 9 heteroatoms. The van der Waals surface area contributed by atoms with Crippen molar-refractivity contribution in [2.45, 2.75) is 46.0 Å². The number of amides is 2. The molecule has 1 aliphatic heterocycles. The smallest absolute Gasteiger partial charge is 0.248 e. The van der Waals surface area contributed by atoms with E-state index in [0.29, 0.717) is 28.7 Å². The van der Waals surface area contributed by atoms with Crippen LogP contribution in [0, 0.1) is 23.2 Å². The number of likely N-dealkylation sites (tertiary alicyclic amines) is 1. The molecule has 8 nitrogen and oxygen atoms in total. The number of carbonyl (C=O) groups is 2. The van der Waals surface area contributed by atoms with Gasteiger partial charge in [-0.2, -0.15) is 0 Å². The fourth-order valence-corrected chi connectivity index (χ4v) is 4.40. The molecule has 0 spiro atoms. The minimum absolute atomic E-state index is 0.00205. The number of terminal acetylenes is 1. The minimum atomic E-state index is -0.988. The van der Waals surface area contributed by atoms with Crippen LogP contribution in [0.4, 0.5) is 11.5 Å². The summed E-state index contributed by atoms with van der Waals surface area (Å²) in [7, 11) is 1.53. The summed E-state index contributed by atoms with van der Waals surface area (Å²) in [5, 5.41) is 14.3. The van der Waals surface area contributed by atoms with E-state index in [9.17, 15) is 9.59 Å². The largest absolute Gasteiger partial charge is 0.497 e. The first-order valence-electron chi connectivity index (χ1n) is 13.3. The van der Waals surface area contributed by atoms with Gasteiger partial charge in [-0.1, -0.05) is 31.9 Å². The SMILES string of the molecule is C#CC(C=C)(C/C=C/C(=O)Nc1ccc(OC)cc1CC(=O)Nc1ccc(Br)cn1)C(=N)N1CCCCC1.CC. The zero-order valence-electron chi connectivity index (χ0n) is 23.4. The van der Waals surface area contributed by atoms with Crippen LogP contribution in [0.15, 0.2) is 65.8 Å². The normalized spacial score (nSPS) is 14.1. The lowest BCUT2D eigenvalue weighted by Gasteiger charge is -2.36. The first kappa shape index (κ1) is 32.3. The second kappa shape index (κ2) is 16.3. The summed E-state index contributed by atoms with van der Waals surface area (Å²) in [4.78, 5) is 31.6.